The van der Waals surface area contributed by atoms with Gasteiger partial charge < -0.3 is 14.8 Å². The van der Waals surface area contributed by atoms with Crippen molar-refractivity contribution in [3.05, 3.63) is 92.2 Å². The summed E-state index contributed by atoms with van der Waals surface area (Å²) in [6, 6.07) is 16.4. The Hall–Kier alpha value is -3.34. The maximum atomic E-state index is 13.4. The molecule has 0 aliphatic carbocycles. The number of carbonyl (C=O) groups excluding carboxylic acids is 1. The average molecular weight is 530 g/mol. The van der Waals surface area contributed by atoms with E-state index in [1.165, 1.54) is 25.3 Å². The minimum Gasteiger partial charge on any atom is -0.493 e. The Balaban J connectivity index is 1.82. The molecule has 0 heterocycles. The molecule has 0 saturated heterocycles. The summed E-state index contributed by atoms with van der Waals surface area (Å²) in [5.41, 5.74) is 2.46. The van der Waals surface area contributed by atoms with Crippen molar-refractivity contribution in [1.29, 1.82) is 5.26 Å². The van der Waals surface area contributed by atoms with Crippen LogP contribution in [0.25, 0.3) is 6.08 Å². The van der Waals surface area contributed by atoms with E-state index in [1.54, 1.807) is 42.5 Å². The van der Waals surface area contributed by atoms with Crippen LogP contribution < -0.4 is 14.8 Å². The molecule has 0 unspecified atom stereocenters. The fourth-order valence-corrected chi connectivity index (χ4v) is 3.68. The minimum atomic E-state index is -0.570. The van der Waals surface area contributed by atoms with Crippen molar-refractivity contribution in [2.45, 2.75) is 13.5 Å². The molecule has 0 spiro atoms. The Labute approximate surface area is 204 Å². The zero-order valence-corrected chi connectivity index (χ0v) is 20.1. The van der Waals surface area contributed by atoms with Crippen LogP contribution in [-0.4, -0.2) is 13.0 Å². The average Bonchev–Trinajstić information content (AvgIpc) is 2.78. The molecule has 8 heteroatoms. The highest BCUT2D eigenvalue weighted by Crippen LogP contribution is 2.38. The Bertz CT molecular complexity index is 1270. The van der Waals surface area contributed by atoms with Gasteiger partial charge >= 0.3 is 0 Å². The van der Waals surface area contributed by atoms with Gasteiger partial charge in [-0.2, -0.15) is 5.26 Å². The van der Waals surface area contributed by atoms with Crippen LogP contribution in [0, 0.1) is 24.1 Å². The van der Waals surface area contributed by atoms with Gasteiger partial charge in [0, 0.05) is 10.7 Å². The molecule has 0 fully saturated rings. The van der Waals surface area contributed by atoms with E-state index in [4.69, 9.17) is 21.1 Å². The van der Waals surface area contributed by atoms with Gasteiger partial charge in [0.2, 0.25) is 0 Å². The number of methoxy groups -OCH3 is 1. The molecule has 3 aromatic carbocycles. The van der Waals surface area contributed by atoms with Crippen molar-refractivity contribution >= 4 is 45.2 Å². The SMILES string of the molecule is COc1cc(/C=C(/C#N)C(=O)Nc2ccc(C)c(Cl)c2)cc(Br)c1OCc1cccc(F)c1. The summed E-state index contributed by atoms with van der Waals surface area (Å²) in [4.78, 5) is 12.6. The molecule has 0 bridgehead atoms. The van der Waals surface area contributed by atoms with Gasteiger partial charge in [-0.25, -0.2) is 4.39 Å². The van der Waals surface area contributed by atoms with E-state index < -0.39 is 5.91 Å². The molecule has 0 aliphatic heterocycles. The van der Waals surface area contributed by atoms with Crippen molar-refractivity contribution in [2.24, 2.45) is 0 Å². The molecule has 5 nitrogen and oxygen atoms in total. The monoisotopic (exact) mass is 528 g/mol. The van der Waals surface area contributed by atoms with E-state index in [-0.39, 0.29) is 18.0 Å². The van der Waals surface area contributed by atoms with Crippen LogP contribution in [0.4, 0.5) is 10.1 Å². The number of carbonyl (C=O) groups is 1. The Kier molecular flexibility index (Phi) is 8.10. The highest BCUT2D eigenvalue weighted by Gasteiger charge is 2.15. The number of anilines is 1. The van der Waals surface area contributed by atoms with Crippen LogP contribution in [0.1, 0.15) is 16.7 Å². The Morgan fingerprint density at radius 1 is 1.24 bits per heavy atom. The first-order chi connectivity index (χ1) is 15.8. The predicted molar refractivity (Wildman–Crippen MR) is 130 cm³/mol. The minimum absolute atomic E-state index is 0.103. The Morgan fingerprint density at radius 3 is 2.70 bits per heavy atom. The molecule has 0 aromatic heterocycles. The lowest BCUT2D eigenvalue weighted by molar-refractivity contribution is -0.112. The van der Waals surface area contributed by atoms with Gasteiger partial charge in [-0.05, 0) is 82.0 Å². The molecule has 1 N–H and O–H groups in total. The van der Waals surface area contributed by atoms with Crippen LogP contribution >= 0.6 is 27.5 Å². The van der Waals surface area contributed by atoms with E-state index in [0.29, 0.717) is 37.8 Å². The third kappa shape index (κ3) is 6.35. The van der Waals surface area contributed by atoms with E-state index >= 15 is 0 Å². The molecular formula is C25H19BrClFN2O3. The van der Waals surface area contributed by atoms with Crippen molar-refractivity contribution < 1.29 is 18.7 Å². The fourth-order valence-electron chi connectivity index (χ4n) is 2.93. The van der Waals surface area contributed by atoms with Crippen LogP contribution in [-0.2, 0) is 11.4 Å². The molecule has 3 aromatic rings. The highest BCUT2D eigenvalue weighted by molar-refractivity contribution is 9.10. The van der Waals surface area contributed by atoms with Crippen LogP contribution in [0.5, 0.6) is 11.5 Å². The first kappa shape index (κ1) is 24.3. The quantitative estimate of drug-likeness (QED) is 0.274. The van der Waals surface area contributed by atoms with E-state index in [2.05, 4.69) is 21.2 Å². The number of rotatable bonds is 7. The van der Waals surface area contributed by atoms with Gasteiger partial charge in [-0.1, -0.05) is 29.8 Å². The largest absolute Gasteiger partial charge is 0.493 e. The number of ether oxygens (including phenoxy) is 2. The zero-order valence-electron chi connectivity index (χ0n) is 17.8. The molecule has 0 radical (unpaired) electrons. The van der Waals surface area contributed by atoms with Gasteiger partial charge in [0.25, 0.3) is 5.91 Å². The lowest BCUT2D eigenvalue weighted by Gasteiger charge is -2.14. The molecule has 0 aliphatic rings. The summed E-state index contributed by atoms with van der Waals surface area (Å²) in [5, 5.41) is 12.7. The number of hydrogen-bond acceptors (Lipinski definition) is 4. The van der Waals surface area contributed by atoms with E-state index in [9.17, 15) is 14.4 Å². The van der Waals surface area contributed by atoms with Crippen LogP contribution in [0.15, 0.2) is 64.6 Å². The first-order valence-electron chi connectivity index (χ1n) is 9.74. The number of amides is 1. The summed E-state index contributed by atoms with van der Waals surface area (Å²) >= 11 is 9.54. The van der Waals surface area contributed by atoms with Crippen molar-refractivity contribution in [3.8, 4) is 17.6 Å². The second kappa shape index (κ2) is 11.0. The molecule has 33 heavy (non-hydrogen) atoms. The number of nitrogens with one attached hydrogen (secondary N) is 1. The third-order valence-corrected chi connectivity index (χ3v) is 5.63. The molecule has 1 amide bonds. The zero-order chi connectivity index (χ0) is 24.0. The van der Waals surface area contributed by atoms with Crippen molar-refractivity contribution in [3.63, 3.8) is 0 Å². The van der Waals surface area contributed by atoms with Crippen molar-refractivity contribution in [2.75, 3.05) is 12.4 Å². The lowest BCUT2D eigenvalue weighted by Crippen LogP contribution is -2.13. The number of aryl methyl sites for hydroxylation is 1. The summed E-state index contributed by atoms with van der Waals surface area (Å²) in [6.07, 6.45) is 1.44. The second-order valence-electron chi connectivity index (χ2n) is 7.04. The normalized spacial score (nSPS) is 11.0. The third-order valence-electron chi connectivity index (χ3n) is 4.63. The standard InChI is InChI=1S/C25H19BrClFN2O3/c1-15-6-7-20(12-22(15)27)30-25(31)18(13-29)8-17-10-21(26)24(23(11-17)32-2)33-14-16-4-3-5-19(28)9-16/h3-12H,14H2,1-2H3,(H,30,31)/b18-8-. The highest BCUT2D eigenvalue weighted by atomic mass is 79.9. The summed E-state index contributed by atoms with van der Waals surface area (Å²) in [6.45, 7) is 1.98. The van der Waals surface area contributed by atoms with Gasteiger partial charge in [-0.3, -0.25) is 4.79 Å². The van der Waals surface area contributed by atoms with E-state index in [1.807, 2.05) is 13.0 Å². The maximum Gasteiger partial charge on any atom is 0.266 e. The topological polar surface area (TPSA) is 71.3 Å². The molecular weight excluding hydrogens is 511 g/mol. The van der Waals surface area contributed by atoms with Crippen molar-refractivity contribution in [1.82, 2.24) is 0 Å². The number of nitriles is 1. The van der Waals surface area contributed by atoms with Gasteiger partial charge in [0.1, 0.15) is 24.1 Å². The van der Waals surface area contributed by atoms with Crippen LogP contribution in [0.2, 0.25) is 5.02 Å². The fraction of sp³-hybridized carbons (Fsp3) is 0.120. The number of halogens is 3. The number of nitrogens with zero attached hydrogens (tertiary/aromatic N) is 1. The smallest absolute Gasteiger partial charge is 0.266 e. The summed E-state index contributed by atoms with van der Waals surface area (Å²) in [5.74, 6) is -0.122. The van der Waals surface area contributed by atoms with Gasteiger partial charge in [0.15, 0.2) is 11.5 Å². The lowest BCUT2D eigenvalue weighted by atomic mass is 10.1. The second-order valence-corrected chi connectivity index (χ2v) is 8.30. The molecule has 168 valence electrons. The number of hydrogen-bond donors (Lipinski definition) is 1. The Morgan fingerprint density at radius 2 is 2.03 bits per heavy atom. The van der Waals surface area contributed by atoms with Gasteiger partial charge in [-0.15, -0.1) is 0 Å². The molecule has 0 saturated carbocycles. The van der Waals surface area contributed by atoms with Crippen LogP contribution in [0.3, 0.4) is 0 Å². The number of benzene rings is 3. The van der Waals surface area contributed by atoms with Gasteiger partial charge in [0.05, 0.1) is 11.6 Å². The maximum absolute atomic E-state index is 13.4. The summed E-state index contributed by atoms with van der Waals surface area (Å²) < 4.78 is 25.2. The van der Waals surface area contributed by atoms with E-state index in [0.717, 1.165) is 5.56 Å². The summed E-state index contributed by atoms with van der Waals surface area (Å²) in [7, 11) is 1.48. The first-order valence-corrected chi connectivity index (χ1v) is 10.9. The molecule has 0 atom stereocenters. The predicted octanol–water partition coefficient (Wildman–Crippen LogP) is 6.68. The molecule has 3 rings (SSSR count).